The molecule has 0 saturated carbocycles. The minimum Gasteiger partial charge on any atom is -0.396 e. The first-order valence-electron chi connectivity index (χ1n) is 7.33. The molecule has 1 amide bonds. The molecular weight excluding hydrogens is 315 g/mol. The number of nitrogens with zero attached hydrogens (tertiary/aromatic N) is 3. The first-order valence-corrected chi connectivity index (χ1v) is 7.33. The summed E-state index contributed by atoms with van der Waals surface area (Å²) in [5, 5.41) is 6.10. The fraction of sp³-hybridized carbons (Fsp3) is 0.692. The fourth-order valence-electron chi connectivity index (χ4n) is 2.35. The first kappa shape index (κ1) is 17.5. The molecule has 23 heavy (non-hydrogen) atoms. The van der Waals surface area contributed by atoms with Gasteiger partial charge in [-0.2, -0.15) is 18.3 Å². The molecule has 1 fully saturated rings. The van der Waals surface area contributed by atoms with Gasteiger partial charge in [0.1, 0.15) is 12.2 Å². The number of aromatic nitrogens is 2. The molecule has 130 valence electrons. The van der Waals surface area contributed by atoms with E-state index in [-0.39, 0.29) is 11.4 Å². The van der Waals surface area contributed by atoms with Gasteiger partial charge in [-0.3, -0.25) is 9.69 Å². The second-order valence-corrected chi connectivity index (χ2v) is 5.28. The number of carbonyl (C=O) groups excluding carboxylic acids is 1. The Morgan fingerprint density at radius 3 is 2.74 bits per heavy atom. The van der Waals surface area contributed by atoms with E-state index in [0.29, 0.717) is 30.9 Å². The number of nitrogens with two attached hydrogens (primary N) is 1. The maximum Gasteiger partial charge on any atom is 0.408 e. The number of hydrogen-bond donors (Lipinski definition) is 2. The Bertz CT molecular complexity index is 526. The highest BCUT2D eigenvalue weighted by Gasteiger charge is 2.31. The van der Waals surface area contributed by atoms with Gasteiger partial charge in [-0.15, -0.1) is 0 Å². The number of anilines is 1. The lowest BCUT2D eigenvalue weighted by Gasteiger charge is -2.26. The van der Waals surface area contributed by atoms with E-state index in [1.165, 1.54) is 0 Å². The van der Waals surface area contributed by atoms with E-state index in [1.54, 1.807) is 0 Å². The normalized spacial score (nSPS) is 16.5. The van der Waals surface area contributed by atoms with Crippen molar-refractivity contribution in [3.8, 4) is 0 Å². The number of rotatable bonds is 6. The quantitative estimate of drug-likeness (QED) is 0.739. The van der Waals surface area contributed by atoms with Crippen LogP contribution >= 0.6 is 0 Å². The van der Waals surface area contributed by atoms with Gasteiger partial charge in [-0.25, -0.2) is 4.68 Å². The van der Waals surface area contributed by atoms with E-state index >= 15 is 0 Å². The Morgan fingerprint density at radius 2 is 2.09 bits per heavy atom. The summed E-state index contributed by atoms with van der Waals surface area (Å²) in [7, 11) is 0. The molecule has 1 aliphatic heterocycles. The van der Waals surface area contributed by atoms with Crippen LogP contribution in [0.4, 0.5) is 18.9 Å². The van der Waals surface area contributed by atoms with Crippen LogP contribution in [0.3, 0.4) is 0 Å². The van der Waals surface area contributed by atoms with Crippen molar-refractivity contribution in [2.24, 2.45) is 0 Å². The van der Waals surface area contributed by atoms with Crippen LogP contribution in [-0.2, 0) is 11.3 Å². The van der Waals surface area contributed by atoms with Gasteiger partial charge in [-0.05, 0) is 13.0 Å². The van der Waals surface area contributed by atoms with Crippen LogP contribution in [0.1, 0.15) is 16.9 Å². The van der Waals surface area contributed by atoms with Crippen LogP contribution in [0.15, 0.2) is 6.20 Å². The van der Waals surface area contributed by atoms with E-state index in [4.69, 9.17) is 10.5 Å². The van der Waals surface area contributed by atoms with Crippen LogP contribution in [0, 0.1) is 0 Å². The Balaban J connectivity index is 1.82. The summed E-state index contributed by atoms with van der Waals surface area (Å²) in [6.45, 7) is 2.88. The molecule has 0 aliphatic carbocycles. The van der Waals surface area contributed by atoms with E-state index in [1.807, 2.05) is 0 Å². The zero-order valence-electron chi connectivity index (χ0n) is 12.6. The van der Waals surface area contributed by atoms with Crippen molar-refractivity contribution in [3.05, 3.63) is 11.9 Å². The third-order valence-electron chi connectivity index (χ3n) is 3.45. The first-order chi connectivity index (χ1) is 10.9. The Kier molecular flexibility index (Phi) is 5.83. The highest BCUT2D eigenvalue weighted by Crippen LogP contribution is 2.20. The molecule has 0 atom stereocenters. The summed E-state index contributed by atoms with van der Waals surface area (Å²) in [5.41, 5.74) is 5.22. The standard InChI is InChI=1S/C13H20F3N5O2/c14-13(15,16)9-21-11(10(17)8-19-21)12(22)18-2-1-3-20-4-6-23-7-5-20/h8H,1-7,9,17H2,(H,18,22). The smallest absolute Gasteiger partial charge is 0.396 e. The molecular formula is C13H20F3N5O2. The molecule has 10 heteroatoms. The van der Waals surface area contributed by atoms with Crippen LogP contribution in [0.25, 0.3) is 0 Å². The molecule has 1 aliphatic rings. The van der Waals surface area contributed by atoms with Crippen LogP contribution in [0.2, 0.25) is 0 Å². The van der Waals surface area contributed by atoms with E-state index in [0.717, 1.165) is 25.8 Å². The molecule has 1 aromatic heterocycles. The molecule has 0 radical (unpaired) electrons. The summed E-state index contributed by atoms with van der Waals surface area (Å²) in [4.78, 5) is 14.2. The molecule has 0 bridgehead atoms. The minimum absolute atomic E-state index is 0.0695. The predicted octanol–water partition coefficient (Wildman–Crippen LogP) is 0.480. The lowest BCUT2D eigenvalue weighted by Crippen LogP contribution is -2.38. The summed E-state index contributed by atoms with van der Waals surface area (Å²) in [6.07, 6.45) is -2.72. The van der Waals surface area contributed by atoms with Crippen LogP contribution in [0.5, 0.6) is 0 Å². The van der Waals surface area contributed by atoms with Crippen molar-refractivity contribution >= 4 is 11.6 Å². The Morgan fingerprint density at radius 1 is 1.39 bits per heavy atom. The number of ether oxygens (including phenoxy) is 1. The second-order valence-electron chi connectivity index (χ2n) is 5.28. The van der Waals surface area contributed by atoms with Gasteiger partial charge in [0.2, 0.25) is 0 Å². The summed E-state index contributed by atoms with van der Waals surface area (Å²) in [6, 6.07) is 0. The van der Waals surface area contributed by atoms with Gasteiger partial charge in [0.25, 0.3) is 5.91 Å². The molecule has 1 saturated heterocycles. The fourth-order valence-corrected chi connectivity index (χ4v) is 2.35. The third kappa shape index (κ3) is 5.39. The maximum atomic E-state index is 12.5. The highest BCUT2D eigenvalue weighted by atomic mass is 19.4. The number of carbonyl (C=O) groups is 1. The third-order valence-corrected chi connectivity index (χ3v) is 3.45. The molecule has 2 heterocycles. The molecule has 0 spiro atoms. The summed E-state index contributed by atoms with van der Waals surface area (Å²) < 4.78 is 43.2. The lowest BCUT2D eigenvalue weighted by molar-refractivity contribution is -0.142. The highest BCUT2D eigenvalue weighted by molar-refractivity contribution is 5.97. The molecule has 7 nitrogen and oxygen atoms in total. The van der Waals surface area contributed by atoms with Crippen molar-refractivity contribution in [1.29, 1.82) is 0 Å². The summed E-state index contributed by atoms with van der Waals surface area (Å²) >= 11 is 0. The largest absolute Gasteiger partial charge is 0.408 e. The Labute approximate surface area is 131 Å². The molecule has 2 rings (SSSR count). The van der Waals surface area contributed by atoms with Crippen LogP contribution in [-0.4, -0.2) is 66.2 Å². The zero-order chi connectivity index (χ0) is 16.9. The average molecular weight is 335 g/mol. The van der Waals surface area contributed by atoms with Gasteiger partial charge in [0, 0.05) is 19.6 Å². The number of amides is 1. The van der Waals surface area contributed by atoms with Crippen molar-refractivity contribution in [3.63, 3.8) is 0 Å². The molecule has 0 aromatic carbocycles. The van der Waals surface area contributed by atoms with Gasteiger partial charge >= 0.3 is 6.18 Å². The van der Waals surface area contributed by atoms with Crippen molar-refractivity contribution < 1.29 is 22.7 Å². The SMILES string of the molecule is Nc1cnn(CC(F)(F)F)c1C(=O)NCCCN1CCOCC1. The van der Waals surface area contributed by atoms with E-state index in [9.17, 15) is 18.0 Å². The van der Waals surface area contributed by atoms with Gasteiger partial charge in [-0.1, -0.05) is 0 Å². The zero-order valence-corrected chi connectivity index (χ0v) is 12.6. The second kappa shape index (κ2) is 7.64. The Hall–Kier alpha value is -1.81. The van der Waals surface area contributed by atoms with E-state index in [2.05, 4.69) is 15.3 Å². The number of nitrogens with one attached hydrogen (secondary N) is 1. The topological polar surface area (TPSA) is 85.4 Å². The maximum absolute atomic E-state index is 12.5. The minimum atomic E-state index is -4.47. The number of morpholine rings is 1. The van der Waals surface area contributed by atoms with Gasteiger partial charge in [0.15, 0.2) is 0 Å². The predicted molar refractivity (Wildman–Crippen MR) is 76.9 cm³/mol. The number of hydrogen-bond acceptors (Lipinski definition) is 5. The number of halogens is 3. The van der Waals surface area contributed by atoms with Crippen molar-refractivity contribution in [2.75, 3.05) is 45.1 Å². The van der Waals surface area contributed by atoms with E-state index < -0.39 is 18.6 Å². The van der Waals surface area contributed by atoms with Crippen molar-refractivity contribution in [2.45, 2.75) is 19.1 Å². The number of alkyl halides is 3. The molecule has 1 aromatic rings. The summed E-state index contributed by atoms with van der Waals surface area (Å²) in [5.74, 6) is -0.647. The van der Waals surface area contributed by atoms with Gasteiger partial charge in [0.05, 0.1) is 25.1 Å². The molecule has 0 unspecified atom stereocenters. The van der Waals surface area contributed by atoms with Crippen molar-refractivity contribution in [1.82, 2.24) is 20.0 Å². The monoisotopic (exact) mass is 335 g/mol. The van der Waals surface area contributed by atoms with Crippen LogP contribution < -0.4 is 11.1 Å². The number of nitrogen functional groups attached to an aromatic ring is 1. The van der Waals surface area contributed by atoms with Gasteiger partial charge < -0.3 is 15.8 Å². The average Bonchev–Trinajstić information content (AvgIpc) is 2.83. The lowest BCUT2D eigenvalue weighted by atomic mass is 10.3. The molecule has 3 N–H and O–H groups in total.